The van der Waals surface area contributed by atoms with Crippen molar-refractivity contribution in [3.63, 3.8) is 0 Å². The van der Waals surface area contributed by atoms with E-state index in [1.54, 1.807) is 24.8 Å². The molecule has 0 aliphatic rings. The molecule has 5 aromatic carbocycles. The van der Waals surface area contributed by atoms with Crippen molar-refractivity contribution in [3.8, 4) is 68.3 Å². The van der Waals surface area contributed by atoms with Gasteiger partial charge < -0.3 is 0 Å². The molecule has 0 bridgehead atoms. The predicted octanol–water partition coefficient (Wildman–Crippen LogP) is 9.67. The third-order valence-electron chi connectivity index (χ3n) is 9.39. The van der Waals surface area contributed by atoms with Crippen molar-refractivity contribution in [2.24, 2.45) is 0 Å². The number of aromatic nitrogens is 9. The van der Waals surface area contributed by atoms with Gasteiger partial charge in [-0.3, -0.25) is 19.1 Å². The van der Waals surface area contributed by atoms with Gasteiger partial charge in [0.25, 0.3) is 0 Å². The van der Waals surface area contributed by atoms with E-state index < -0.39 is 0 Å². The lowest BCUT2D eigenvalue weighted by Gasteiger charge is -2.13. The molecule has 0 aliphatic heterocycles. The molecular weight excluding hydrogens is 667 g/mol. The second-order valence-corrected chi connectivity index (χ2v) is 12.8. The van der Waals surface area contributed by atoms with E-state index in [1.807, 2.05) is 115 Å². The summed E-state index contributed by atoms with van der Waals surface area (Å²) in [5.41, 5.74) is 10.2. The first kappa shape index (κ1) is 31.1. The molecule has 10 aromatic rings. The Bertz CT molecular complexity index is 2760. The van der Waals surface area contributed by atoms with Gasteiger partial charge in [-0.25, -0.2) is 24.9 Å². The van der Waals surface area contributed by atoms with Crippen LogP contribution in [-0.2, 0) is 0 Å². The van der Waals surface area contributed by atoms with E-state index in [0.717, 1.165) is 72.9 Å². The Hall–Kier alpha value is -7.65. The summed E-state index contributed by atoms with van der Waals surface area (Å²) in [7, 11) is 0. The third-order valence-corrected chi connectivity index (χ3v) is 9.39. The van der Waals surface area contributed by atoms with Crippen molar-refractivity contribution in [1.82, 2.24) is 44.0 Å². The maximum atomic E-state index is 5.14. The Kier molecular flexibility index (Phi) is 7.58. The summed E-state index contributed by atoms with van der Waals surface area (Å²) in [5.74, 6) is 3.36. The molecule has 0 amide bonds. The number of pyridine rings is 2. The summed E-state index contributed by atoms with van der Waals surface area (Å²) in [6.07, 6.45) is 7.16. The molecule has 0 unspecified atom stereocenters. The van der Waals surface area contributed by atoms with Gasteiger partial charge in [-0.05, 0) is 72.8 Å². The normalized spacial score (nSPS) is 11.3. The van der Waals surface area contributed by atoms with E-state index in [-0.39, 0.29) is 0 Å². The van der Waals surface area contributed by atoms with Crippen molar-refractivity contribution in [2.75, 3.05) is 0 Å². The maximum Gasteiger partial charge on any atom is 0.164 e. The minimum Gasteiger partial charge on any atom is -0.292 e. The summed E-state index contributed by atoms with van der Waals surface area (Å²) in [5, 5.41) is 0. The Balaban J connectivity index is 1.14. The highest BCUT2D eigenvalue weighted by molar-refractivity contribution is 5.85. The van der Waals surface area contributed by atoms with Crippen LogP contribution in [0.5, 0.6) is 0 Å². The first-order chi connectivity index (χ1) is 26.8. The van der Waals surface area contributed by atoms with Crippen molar-refractivity contribution < 1.29 is 0 Å². The molecule has 0 saturated carbocycles. The fourth-order valence-corrected chi connectivity index (χ4v) is 6.88. The molecule has 5 heterocycles. The van der Waals surface area contributed by atoms with E-state index in [0.29, 0.717) is 17.5 Å². The topological polar surface area (TPSA) is 100 Å². The number of nitrogens with zero attached hydrogens (tertiary/aromatic N) is 9. The molecule has 254 valence electrons. The third kappa shape index (κ3) is 5.57. The summed E-state index contributed by atoms with van der Waals surface area (Å²) in [6.45, 7) is 0. The number of para-hydroxylation sites is 4. The van der Waals surface area contributed by atoms with Gasteiger partial charge in [0.15, 0.2) is 17.5 Å². The first-order valence-electron chi connectivity index (χ1n) is 17.6. The molecule has 9 nitrogen and oxygen atoms in total. The van der Waals surface area contributed by atoms with Crippen LogP contribution in [0.3, 0.4) is 0 Å². The zero-order chi connectivity index (χ0) is 35.8. The summed E-state index contributed by atoms with van der Waals surface area (Å²) in [4.78, 5) is 33.8. The molecule has 0 N–H and O–H groups in total. The van der Waals surface area contributed by atoms with Crippen LogP contribution >= 0.6 is 0 Å². The molecule has 0 aliphatic carbocycles. The Labute approximate surface area is 310 Å². The van der Waals surface area contributed by atoms with Gasteiger partial charge in [0.1, 0.15) is 11.6 Å². The standard InChI is InChI=1S/C45H29N9/c1-2-10-30(11-3-1)41-50-42(33-12-8-14-35(28-33)53-39-18-6-4-16-37(39)48-44(53)31-20-24-46-25-21-31)52-43(51-41)34-13-9-15-36(29-34)54-40-19-7-5-17-38(40)49-45(54)32-22-26-47-27-23-32/h1-29H. The lowest BCUT2D eigenvalue weighted by atomic mass is 10.1. The van der Waals surface area contributed by atoms with Crippen molar-refractivity contribution >= 4 is 22.1 Å². The Morgan fingerprint density at radius 1 is 0.315 bits per heavy atom. The van der Waals surface area contributed by atoms with Gasteiger partial charge in [0, 0.05) is 64.0 Å². The minimum atomic E-state index is 0.562. The van der Waals surface area contributed by atoms with Crippen LogP contribution in [0.4, 0.5) is 0 Å². The van der Waals surface area contributed by atoms with Crippen LogP contribution in [0, 0.1) is 0 Å². The highest BCUT2D eigenvalue weighted by Crippen LogP contribution is 2.33. The summed E-state index contributed by atoms with van der Waals surface area (Å²) < 4.78 is 4.35. The zero-order valence-electron chi connectivity index (χ0n) is 28.8. The van der Waals surface area contributed by atoms with E-state index in [9.17, 15) is 0 Å². The zero-order valence-corrected chi connectivity index (χ0v) is 28.8. The largest absolute Gasteiger partial charge is 0.292 e. The molecule has 5 aromatic heterocycles. The second-order valence-electron chi connectivity index (χ2n) is 12.8. The number of benzene rings is 5. The van der Waals surface area contributed by atoms with Crippen LogP contribution in [0.2, 0.25) is 0 Å². The van der Waals surface area contributed by atoms with Crippen LogP contribution in [0.25, 0.3) is 90.4 Å². The molecule has 10 rings (SSSR count). The van der Waals surface area contributed by atoms with E-state index in [1.165, 1.54) is 0 Å². The maximum absolute atomic E-state index is 5.14. The van der Waals surface area contributed by atoms with Gasteiger partial charge in [0.05, 0.1) is 22.1 Å². The molecule has 0 saturated heterocycles. The highest BCUT2D eigenvalue weighted by Gasteiger charge is 2.19. The van der Waals surface area contributed by atoms with Gasteiger partial charge in [-0.2, -0.15) is 0 Å². The van der Waals surface area contributed by atoms with Crippen molar-refractivity contribution in [1.29, 1.82) is 0 Å². The first-order valence-corrected chi connectivity index (χ1v) is 17.6. The lowest BCUT2D eigenvalue weighted by molar-refractivity contribution is 1.06. The fraction of sp³-hybridized carbons (Fsp3) is 0. The molecule has 0 spiro atoms. The number of fused-ring (bicyclic) bond motifs is 2. The molecule has 9 heteroatoms. The SMILES string of the molecule is c1ccc(-c2nc(-c3cccc(-n4c(-c5ccncc5)nc5ccccc54)c3)nc(-c3cccc(-n4c(-c5ccncc5)nc5ccccc54)c3)n2)cc1. The summed E-state index contributed by atoms with van der Waals surface area (Å²) >= 11 is 0. The average molecular weight is 696 g/mol. The number of imidazole rings is 2. The molecule has 54 heavy (non-hydrogen) atoms. The van der Waals surface area contributed by atoms with Crippen molar-refractivity contribution in [3.05, 3.63) is 176 Å². The predicted molar refractivity (Wildman–Crippen MR) is 212 cm³/mol. The number of hydrogen-bond donors (Lipinski definition) is 0. The highest BCUT2D eigenvalue weighted by atomic mass is 15.1. The Morgan fingerprint density at radius 3 is 1.20 bits per heavy atom. The fourth-order valence-electron chi connectivity index (χ4n) is 6.88. The van der Waals surface area contributed by atoms with Crippen molar-refractivity contribution in [2.45, 2.75) is 0 Å². The quantitative estimate of drug-likeness (QED) is 0.164. The smallest absolute Gasteiger partial charge is 0.164 e. The van der Waals surface area contributed by atoms with Gasteiger partial charge in [0.2, 0.25) is 0 Å². The number of rotatable bonds is 7. The van der Waals surface area contributed by atoms with Gasteiger partial charge in [-0.15, -0.1) is 0 Å². The van der Waals surface area contributed by atoms with Crippen LogP contribution < -0.4 is 0 Å². The van der Waals surface area contributed by atoms with Crippen LogP contribution in [-0.4, -0.2) is 44.0 Å². The summed E-state index contributed by atoms with van der Waals surface area (Å²) in [6, 6.07) is 50.8. The monoisotopic (exact) mass is 695 g/mol. The molecule has 0 radical (unpaired) electrons. The van der Waals surface area contributed by atoms with E-state index in [2.05, 4.69) is 55.5 Å². The van der Waals surface area contributed by atoms with E-state index >= 15 is 0 Å². The van der Waals surface area contributed by atoms with Crippen LogP contribution in [0.15, 0.2) is 176 Å². The van der Waals surface area contributed by atoms with Crippen LogP contribution in [0.1, 0.15) is 0 Å². The van der Waals surface area contributed by atoms with Gasteiger partial charge in [-0.1, -0.05) is 78.9 Å². The lowest BCUT2D eigenvalue weighted by Crippen LogP contribution is -2.02. The molecule has 0 fully saturated rings. The second kappa shape index (κ2) is 13.2. The molecular formula is C45H29N9. The van der Waals surface area contributed by atoms with E-state index in [4.69, 9.17) is 24.9 Å². The average Bonchev–Trinajstić information content (AvgIpc) is 3.84. The minimum absolute atomic E-state index is 0.562. The Morgan fingerprint density at radius 2 is 0.722 bits per heavy atom. The molecule has 0 atom stereocenters. The van der Waals surface area contributed by atoms with Gasteiger partial charge >= 0.3 is 0 Å². The number of hydrogen-bond acceptors (Lipinski definition) is 7.